The van der Waals surface area contributed by atoms with Gasteiger partial charge in [-0.3, -0.25) is 9.59 Å². The van der Waals surface area contributed by atoms with Crippen LogP contribution in [0.4, 0.5) is 0 Å². The highest BCUT2D eigenvalue weighted by Crippen LogP contribution is 2.28. The van der Waals surface area contributed by atoms with E-state index in [0.29, 0.717) is 37.6 Å². The minimum atomic E-state index is -0.0815. The van der Waals surface area contributed by atoms with Crippen molar-refractivity contribution in [3.63, 3.8) is 0 Å². The van der Waals surface area contributed by atoms with Gasteiger partial charge in [-0.05, 0) is 30.2 Å². The van der Waals surface area contributed by atoms with Crippen molar-refractivity contribution in [1.82, 2.24) is 10.2 Å². The maximum absolute atomic E-state index is 12.5. The predicted molar refractivity (Wildman–Crippen MR) is 108 cm³/mol. The lowest BCUT2D eigenvalue weighted by molar-refractivity contribution is -0.131. The maximum Gasteiger partial charge on any atom is 0.224 e. The Balaban J connectivity index is 1.83. The van der Waals surface area contributed by atoms with Crippen molar-refractivity contribution in [2.75, 3.05) is 27.3 Å². The van der Waals surface area contributed by atoms with Crippen LogP contribution in [-0.2, 0) is 22.6 Å². The van der Waals surface area contributed by atoms with E-state index in [4.69, 9.17) is 9.47 Å². The van der Waals surface area contributed by atoms with Crippen LogP contribution in [0.1, 0.15) is 24.5 Å². The number of nitrogens with zero attached hydrogens (tertiary/aromatic N) is 1. The van der Waals surface area contributed by atoms with E-state index in [1.165, 1.54) is 0 Å². The van der Waals surface area contributed by atoms with Crippen LogP contribution in [0.3, 0.4) is 0 Å². The minimum Gasteiger partial charge on any atom is -0.493 e. The summed E-state index contributed by atoms with van der Waals surface area (Å²) in [6.07, 6.45) is 0.583. The Bertz CT molecular complexity index is 777. The molecule has 6 heteroatoms. The van der Waals surface area contributed by atoms with E-state index in [-0.39, 0.29) is 18.2 Å². The van der Waals surface area contributed by atoms with Crippen molar-refractivity contribution in [2.24, 2.45) is 0 Å². The molecular formula is C22H28N2O4. The second-order valence-corrected chi connectivity index (χ2v) is 6.36. The smallest absolute Gasteiger partial charge is 0.224 e. The van der Waals surface area contributed by atoms with E-state index in [1.807, 2.05) is 55.5 Å². The number of nitrogens with one attached hydrogen (secondary N) is 1. The minimum absolute atomic E-state index is 0.00250. The van der Waals surface area contributed by atoms with E-state index in [0.717, 1.165) is 11.1 Å². The maximum atomic E-state index is 12.5. The zero-order valence-corrected chi connectivity index (χ0v) is 16.7. The van der Waals surface area contributed by atoms with Crippen LogP contribution in [-0.4, -0.2) is 44.0 Å². The van der Waals surface area contributed by atoms with Crippen molar-refractivity contribution in [3.05, 3.63) is 59.7 Å². The SMILES string of the molecule is CCN(Cc1ccc(OC)c(OC)c1)C(=O)CCNC(=O)Cc1ccccc1. The number of carbonyl (C=O) groups is 2. The molecule has 0 atom stereocenters. The molecule has 0 aliphatic rings. The number of hydrogen-bond acceptors (Lipinski definition) is 4. The van der Waals surface area contributed by atoms with Gasteiger partial charge in [0.2, 0.25) is 11.8 Å². The van der Waals surface area contributed by atoms with E-state index < -0.39 is 0 Å². The third-order valence-electron chi connectivity index (χ3n) is 4.42. The van der Waals surface area contributed by atoms with Crippen LogP contribution in [0.15, 0.2) is 48.5 Å². The van der Waals surface area contributed by atoms with Gasteiger partial charge in [0, 0.05) is 26.1 Å². The van der Waals surface area contributed by atoms with Gasteiger partial charge in [-0.2, -0.15) is 0 Å². The molecule has 2 aromatic carbocycles. The number of amides is 2. The topological polar surface area (TPSA) is 67.9 Å². The van der Waals surface area contributed by atoms with Gasteiger partial charge in [0.25, 0.3) is 0 Å². The van der Waals surface area contributed by atoms with Crippen LogP contribution in [0.25, 0.3) is 0 Å². The van der Waals surface area contributed by atoms with Crippen LogP contribution >= 0.6 is 0 Å². The molecule has 0 radical (unpaired) electrons. The van der Waals surface area contributed by atoms with Crippen molar-refractivity contribution in [3.8, 4) is 11.5 Å². The molecule has 6 nitrogen and oxygen atoms in total. The van der Waals surface area contributed by atoms with E-state index in [1.54, 1.807) is 19.1 Å². The summed E-state index contributed by atoms with van der Waals surface area (Å²) in [7, 11) is 3.17. The summed E-state index contributed by atoms with van der Waals surface area (Å²) >= 11 is 0. The first-order valence-corrected chi connectivity index (χ1v) is 9.36. The summed E-state index contributed by atoms with van der Waals surface area (Å²) in [4.78, 5) is 26.3. The molecule has 0 saturated heterocycles. The zero-order valence-electron chi connectivity index (χ0n) is 16.7. The zero-order chi connectivity index (χ0) is 20.4. The highest BCUT2D eigenvalue weighted by atomic mass is 16.5. The quantitative estimate of drug-likeness (QED) is 0.684. The van der Waals surface area contributed by atoms with E-state index >= 15 is 0 Å². The fourth-order valence-corrected chi connectivity index (χ4v) is 2.89. The molecule has 1 N–H and O–H groups in total. The van der Waals surface area contributed by atoms with Crippen molar-refractivity contribution in [2.45, 2.75) is 26.3 Å². The summed E-state index contributed by atoms with van der Waals surface area (Å²) in [5.74, 6) is 1.21. The van der Waals surface area contributed by atoms with Crippen LogP contribution in [0.5, 0.6) is 11.5 Å². The summed E-state index contributed by atoms with van der Waals surface area (Å²) in [6, 6.07) is 15.2. The summed E-state index contributed by atoms with van der Waals surface area (Å²) in [5, 5.41) is 2.82. The molecule has 0 aliphatic heterocycles. The van der Waals surface area contributed by atoms with Crippen LogP contribution in [0.2, 0.25) is 0 Å². The van der Waals surface area contributed by atoms with Gasteiger partial charge in [0.1, 0.15) is 0 Å². The fourth-order valence-electron chi connectivity index (χ4n) is 2.89. The Labute approximate surface area is 166 Å². The van der Waals surface area contributed by atoms with Crippen molar-refractivity contribution in [1.29, 1.82) is 0 Å². The highest BCUT2D eigenvalue weighted by Gasteiger charge is 2.14. The molecule has 0 aromatic heterocycles. The molecule has 2 rings (SSSR count). The first kappa shape index (κ1) is 21.3. The summed E-state index contributed by atoms with van der Waals surface area (Å²) < 4.78 is 10.6. The Morgan fingerprint density at radius 1 is 0.964 bits per heavy atom. The molecule has 0 saturated carbocycles. The molecule has 0 fully saturated rings. The normalized spacial score (nSPS) is 10.2. The van der Waals surface area contributed by atoms with Gasteiger partial charge in [-0.1, -0.05) is 36.4 Å². The molecule has 2 aromatic rings. The third kappa shape index (κ3) is 6.30. The average molecular weight is 384 g/mol. The standard InChI is InChI=1S/C22H28N2O4/c1-4-24(16-18-10-11-19(27-2)20(14-18)28-3)22(26)12-13-23-21(25)15-17-8-6-5-7-9-17/h5-11,14H,4,12-13,15-16H2,1-3H3,(H,23,25). The molecule has 0 heterocycles. The molecule has 0 aliphatic carbocycles. The van der Waals surface area contributed by atoms with E-state index in [2.05, 4.69) is 5.32 Å². The lowest BCUT2D eigenvalue weighted by Crippen LogP contribution is -2.34. The fraction of sp³-hybridized carbons (Fsp3) is 0.364. The Hall–Kier alpha value is -3.02. The van der Waals surface area contributed by atoms with Gasteiger partial charge < -0.3 is 19.7 Å². The number of hydrogen-bond donors (Lipinski definition) is 1. The van der Waals surface area contributed by atoms with Crippen LogP contribution in [0, 0.1) is 0 Å². The average Bonchev–Trinajstić information content (AvgIpc) is 2.72. The molecule has 0 spiro atoms. The summed E-state index contributed by atoms with van der Waals surface area (Å²) in [6.45, 7) is 3.33. The third-order valence-corrected chi connectivity index (χ3v) is 4.42. The second kappa shape index (κ2) is 11.0. The number of rotatable bonds is 10. The highest BCUT2D eigenvalue weighted by molar-refractivity contribution is 5.80. The number of benzene rings is 2. The molecule has 0 unspecified atom stereocenters. The first-order chi connectivity index (χ1) is 13.6. The number of ether oxygens (including phenoxy) is 2. The largest absolute Gasteiger partial charge is 0.493 e. The van der Waals surface area contributed by atoms with Crippen molar-refractivity contribution < 1.29 is 19.1 Å². The van der Waals surface area contributed by atoms with Gasteiger partial charge >= 0.3 is 0 Å². The van der Waals surface area contributed by atoms with Crippen molar-refractivity contribution >= 4 is 11.8 Å². The number of carbonyl (C=O) groups excluding carboxylic acids is 2. The predicted octanol–water partition coefficient (Wildman–Crippen LogP) is 2.80. The summed E-state index contributed by atoms with van der Waals surface area (Å²) in [5.41, 5.74) is 1.91. The molecule has 2 amide bonds. The Morgan fingerprint density at radius 3 is 2.32 bits per heavy atom. The molecule has 0 bridgehead atoms. The van der Waals surface area contributed by atoms with E-state index in [9.17, 15) is 9.59 Å². The first-order valence-electron chi connectivity index (χ1n) is 9.36. The van der Waals surface area contributed by atoms with Gasteiger partial charge in [-0.25, -0.2) is 0 Å². The van der Waals surface area contributed by atoms with Crippen LogP contribution < -0.4 is 14.8 Å². The molecular weight excluding hydrogens is 356 g/mol. The number of methoxy groups -OCH3 is 2. The van der Waals surface area contributed by atoms with Gasteiger partial charge in [0.15, 0.2) is 11.5 Å². The van der Waals surface area contributed by atoms with Gasteiger partial charge in [0.05, 0.1) is 20.6 Å². The Kier molecular flexibility index (Phi) is 8.34. The Morgan fingerprint density at radius 2 is 1.68 bits per heavy atom. The second-order valence-electron chi connectivity index (χ2n) is 6.36. The monoisotopic (exact) mass is 384 g/mol. The van der Waals surface area contributed by atoms with Gasteiger partial charge in [-0.15, -0.1) is 0 Å². The molecule has 150 valence electrons. The lowest BCUT2D eigenvalue weighted by atomic mass is 10.1. The molecule has 28 heavy (non-hydrogen) atoms. The lowest BCUT2D eigenvalue weighted by Gasteiger charge is -2.22.